The third-order valence-corrected chi connectivity index (χ3v) is 4.99. The molecule has 0 radical (unpaired) electrons. The van der Waals surface area contributed by atoms with Crippen LogP contribution in [-0.4, -0.2) is 23.0 Å². The standard InChI is InChI=1S/C13H13BrF3NO/c14-11-4-13(11)3-8(5-18-13)19-6-7-1-9(15)12(17)10(16)2-7/h1-2,8,11,18H,3-6H2. The van der Waals surface area contributed by atoms with Gasteiger partial charge in [0.1, 0.15) is 0 Å². The van der Waals surface area contributed by atoms with E-state index in [1.165, 1.54) is 0 Å². The molecule has 0 aromatic heterocycles. The van der Waals surface area contributed by atoms with Crippen LogP contribution in [0.5, 0.6) is 0 Å². The molecule has 104 valence electrons. The van der Waals surface area contributed by atoms with Gasteiger partial charge in [-0.3, -0.25) is 0 Å². The SMILES string of the molecule is Fc1cc(COC2CNC3(C2)CC3Br)cc(F)c1F. The first-order valence-corrected chi connectivity index (χ1v) is 7.06. The molecular formula is C13H13BrF3NO. The first-order valence-electron chi connectivity index (χ1n) is 6.14. The maximum atomic E-state index is 13.0. The van der Waals surface area contributed by atoms with Crippen molar-refractivity contribution < 1.29 is 17.9 Å². The zero-order chi connectivity index (χ0) is 13.6. The number of alkyl halides is 1. The molecule has 1 aromatic rings. The smallest absolute Gasteiger partial charge is 0.194 e. The first-order chi connectivity index (χ1) is 9.00. The van der Waals surface area contributed by atoms with E-state index < -0.39 is 17.5 Å². The number of benzene rings is 1. The van der Waals surface area contributed by atoms with Crippen molar-refractivity contribution in [1.82, 2.24) is 5.32 Å². The van der Waals surface area contributed by atoms with Crippen LogP contribution in [0.1, 0.15) is 18.4 Å². The van der Waals surface area contributed by atoms with Gasteiger partial charge in [0.25, 0.3) is 0 Å². The van der Waals surface area contributed by atoms with Crippen molar-refractivity contribution in [1.29, 1.82) is 0 Å². The molecule has 1 aliphatic heterocycles. The summed E-state index contributed by atoms with van der Waals surface area (Å²) >= 11 is 3.56. The Bertz CT molecular complexity index is 490. The van der Waals surface area contributed by atoms with Gasteiger partial charge in [-0.2, -0.15) is 0 Å². The summed E-state index contributed by atoms with van der Waals surface area (Å²) in [6.07, 6.45) is 1.99. The molecule has 0 amide bonds. The van der Waals surface area contributed by atoms with Crippen LogP contribution in [0.2, 0.25) is 0 Å². The van der Waals surface area contributed by atoms with Gasteiger partial charge >= 0.3 is 0 Å². The fourth-order valence-corrected chi connectivity index (χ4v) is 3.47. The van der Waals surface area contributed by atoms with Crippen molar-refractivity contribution in [2.24, 2.45) is 0 Å². The van der Waals surface area contributed by atoms with Crippen LogP contribution in [0.25, 0.3) is 0 Å². The Morgan fingerprint density at radius 1 is 1.26 bits per heavy atom. The molecule has 1 heterocycles. The molecule has 1 aliphatic carbocycles. The Labute approximate surface area is 117 Å². The normalized spacial score (nSPS) is 33.1. The molecule has 1 aromatic carbocycles. The van der Waals surface area contributed by atoms with Gasteiger partial charge in [0.2, 0.25) is 0 Å². The minimum Gasteiger partial charge on any atom is -0.372 e. The third-order valence-electron chi connectivity index (χ3n) is 3.79. The molecule has 1 spiro atoms. The second-order valence-corrected chi connectivity index (χ2v) is 6.32. The van der Waals surface area contributed by atoms with E-state index in [4.69, 9.17) is 4.74 Å². The number of hydrogen-bond donors (Lipinski definition) is 1. The topological polar surface area (TPSA) is 21.3 Å². The maximum absolute atomic E-state index is 13.0. The summed E-state index contributed by atoms with van der Waals surface area (Å²) in [5, 5.41) is 3.39. The third kappa shape index (κ3) is 2.53. The Hall–Kier alpha value is -0.590. The van der Waals surface area contributed by atoms with Crippen LogP contribution in [-0.2, 0) is 11.3 Å². The predicted octanol–water partition coefficient (Wildman–Crippen LogP) is 2.89. The Morgan fingerprint density at radius 3 is 2.42 bits per heavy atom. The van der Waals surface area contributed by atoms with Gasteiger partial charge in [0.05, 0.1) is 12.7 Å². The molecule has 3 unspecified atom stereocenters. The second-order valence-electron chi connectivity index (χ2n) is 5.22. The summed E-state index contributed by atoms with van der Waals surface area (Å²) in [7, 11) is 0. The summed E-state index contributed by atoms with van der Waals surface area (Å²) in [5.41, 5.74) is 0.452. The van der Waals surface area contributed by atoms with Crippen molar-refractivity contribution in [3.05, 3.63) is 35.1 Å². The van der Waals surface area contributed by atoms with Crippen molar-refractivity contribution in [3.8, 4) is 0 Å². The first kappa shape index (κ1) is 13.4. The van der Waals surface area contributed by atoms with Gasteiger partial charge in [-0.15, -0.1) is 0 Å². The molecule has 1 saturated carbocycles. The maximum Gasteiger partial charge on any atom is 0.194 e. The average molecular weight is 336 g/mol. The highest BCUT2D eigenvalue weighted by Gasteiger charge is 2.56. The highest BCUT2D eigenvalue weighted by molar-refractivity contribution is 9.09. The van der Waals surface area contributed by atoms with E-state index in [1.54, 1.807) is 0 Å². The Balaban J connectivity index is 1.58. The van der Waals surface area contributed by atoms with Gasteiger partial charge in [-0.05, 0) is 30.5 Å². The summed E-state index contributed by atoms with van der Waals surface area (Å²) in [6, 6.07) is 1.95. The van der Waals surface area contributed by atoms with Crippen LogP contribution in [0.4, 0.5) is 13.2 Å². The average Bonchev–Trinajstić information content (AvgIpc) is 2.81. The summed E-state index contributed by atoms with van der Waals surface area (Å²) in [6.45, 7) is 0.817. The van der Waals surface area contributed by atoms with E-state index in [1.807, 2.05) is 0 Å². The molecule has 19 heavy (non-hydrogen) atoms. The molecule has 3 atom stereocenters. The zero-order valence-electron chi connectivity index (χ0n) is 10.1. The van der Waals surface area contributed by atoms with Gasteiger partial charge in [0.15, 0.2) is 17.5 Å². The van der Waals surface area contributed by atoms with Crippen molar-refractivity contribution in [3.63, 3.8) is 0 Å². The number of rotatable bonds is 3. The minimum absolute atomic E-state index is 0.0266. The molecular weight excluding hydrogens is 323 g/mol. The molecule has 2 aliphatic rings. The molecule has 1 N–H and O–H groups in total. The second kappa shape index (κ2) is 4.75. The van der Waals surface area contributed by atoms with Crippen molar-refractivity contribution in [2.75, 3.05) is 6.54 Å². The van der Waals surface area contributed by atoms with E-state index in [2.05, 4.69) is 21.2 Å². The number of nitrogens with one attached hydrogen (secondary N) is 1. The molecule has 3 rings (SSSR count). The monoisotopic (exact) mass is 335 g/mol. The van der Waals surface area contributed by atoms with Gasteiger partial charge in [-0.25, -0.2) is 13.2 Å². The fraction of sp³-hybridized carbons (Fsp3) is 0.538. The van der Waals surface area contributed by atoms with E-state index >= 15 is 0 Å². The molecule has 2 fully saturated rings. The highest BCUT2D eigenvalue weighted by atomic mass is 79.9. The number of hydrogen-bond acceptors (Lipinski definition) is 2. The lowest BCUT2D eigenvalue weighted by atomic mass is 10.2. The molecule has 0 bridgehead atoms. The van der Waals surface area contributed by atoms with E-state index in [9.17, 15) is 13.2 Å². The summed E-state index contributed by atoms with van der Waals surface area (Å²) in [5.74, 6) is -3.80. The van der Waals surface area contributed by atoms with E-state index in [0.29, 0.717) is 10.4 Å². The molecule has 6 heteroatoms. The number of ether oxygens (including phenoxy) is 1. The zero-order valence-corrected chi connectivity index (χ0v) is 11.6. The lowest BCUT2D eigenvalue weighted by Crippen LogP contribution is -2.25. The van der Waals surface area contributed by atoms with Gasteiger partial charge < -0.3 is 10.1 Å². The number of halogens is 4. The van der Waals surface area contributed by atoms with Crippen molar-refractivity contribution >= 4 is 15.9 Å². The Kier molecular flexibility index (Phi) is 3.35. The lowest BCUT2D eigenvalue weighted by molar-refractivity contribution is 0.0517. The Morgan fingerprint density at radius 2 is 1.89 bits per heavy atom. The van der Waals surface area contributed by atoms with Crippen LogP contribution in [0.15, 0.2) is 12.1 Å². The van der Waals surface area contributed by atoms with Crippen LogP contribution < -0.4 is 5.32 Å². The minimum atomic E-state index is -1.44. The van der Waals surface area contributed by atoms with E-state index in [-0.39, 0.29) is 18.2 Å². The summed E-state index contributed by atoms with van der Waals surface area (Å²) < 4.78 is 44.5. The highest BCUT2D eigenvalue weighted by Crippen LogP contribution is 2.49. The van der Waals surface area contributed by atoms with E-state index in [0.717, 1.165) is 31.5 Å². The molecule has 2 nitrogen and oxygen atoms in total. The van der Waals surface area contributed by atoms with Crippen LogP contribution >= 0.6 is 15.9 Å². The summed E-state index contributed by atoms with van der Waals surface area (Å²) in [4.78, 5) is 0.481. The van der Waals surface area contributed by atoms with Gasteiger partial charge in [0, 0.05) is 16.9 Å². The van der Waals surface area contributed by atoms with Crippen LogP contribution in [0, 0.1) is 17.5 Å². The fourth-order valence-electron chi connectivity index (χ4n) is 2.55. The van der Waals surface area contributed by atoms with Crippen LogP contribution in [0.3, 0.4) is 0 Å². The predicted molar refractivity (Wildman–Crippen MR) is 67.6 cm³/mol. The largest absolute Gasteiger partial charge is 0.372 e. The lowest BCUT2D eigenvalue weighted by Gasteiger charge is -2.11. The van der Waals surface area contributed by atoms with Gasteiger partial charge in [-0.1, -0.05) is 15.9 Å². The van der Waals surface area contributed by atoms with Crippen molar-refractivity contribution in [2.45, 2.75) is 35.9 Å². The quantitative estimate of drug-likeness (QED) is 0.677. The molecule has 1 saturated heterocycles.